The third-order valence-electron chi connectivity index (χ3n) is 5.26. The highest BCUT2D eigenvalue weighted by molar-refractivity contribution is 7.89. The van der Waals surface area contributed by atoms with Crippen LogP contribution in [0.15, 0.2) is 59.5 Å². The molecular weight excluding hydrogens is 416 g/mol. The number of carbonyl (C=O) groups excluding carboxylic acids is 2. The lowest BCUT2D eigenvalue weighted by atomic mass is 10.1. The third-order valence-corrected chi connectivity index (χ3v) is 7.17. The Kier molecular flexibility index (Phi) is 7.29. The third kappa shape index (κ3) is 5.62. The summed E-state index contributed by atoms with van der Waals surface area (Å²) in [5.74, 6) is -0.123. The quantitative estimate of drug-likeness (QED) is 0.695. The van der Waals surface area contributed by atoms with E-state index in [2.05, 4.69) is 5.32 Å². The molecule has 3 rings (SSSR count). The summed E-state index contributed by atoms with van der Waals surface area (Å²) >= 11 is 0. The van der Waals surface area contributed by atoms with Crippen molar-refractivity contribution in [2.24, 2.45) is 0 Å². The van der Waals surface area contributed by atoms with Crippen LogP contribution >= 0.6 is 0 Å². The van der Waals surface area contributed by atoms with Crippen molar-refractivity contribution < 1.29 is 18.0 Å². The highest BCUT2D eigenvalue weighted by Crippen LogP contribution is 2.18. The van der Waals surface area contributed by atoms with Crippen LogP contribution in [0.25, 0.3) is 0 Å². The summed E-state index contributed by atoms with van der Waals surface area (Å²) in [6.07, 6.45) is 0.250. The molecule has 1 aliphatic rings. The molecular formula is C22H28N4O4S. The van der Waals surface area contributed by atoms with Crippen LogP contribution in [-0.2, 0) is 26.0 Å². The molecule has 2 amide bonds. The first kappa shape index (κ1) is 22.8. The molecule has 2 aromatic carbocycles. The van der Waals surface area contributed by atoms with Crippen LogP contribution in [0.2, 0.25) is 0 Å². The van der Waals surface area contributed by atoms with E-state index in [4.69, 9.17) is 0 Å². The molecule has 2 aromatic rings. The number of rotatable bonds is 7. The number of amides is 2. The molecule has 166 valence electrons. The molecule has 0 bridgehead atoms. The standard InChI is InChI=1S/C22H28N4O4S/c1-24(2)21(27)16-18-8-6-7-11-20(18)23-17-22(28)25-12-14-26(15-13-25)31(29,30)19-9-4-3-5-10-19/h3-11,23H,12-17H2,1-2H3. The van der Waals surface area contributed by atoms with E-state index in [1.165, 1.54) is 9.21 Å². The van der Waals surface area contributed by atoms with Crippen LogP contribution < -0.4 is 5.32 Å². The van der Waals surface area contributed by atoms with Gasteiger partial charge in [0.15, 0.2) is 0 Å². The van der Waals surface area contributed by atoms with Crippen molar-refractivity contribution in [3.63, 3.8) is 0 Å². The molecule has 0 radical (unpaired) electrons. The minimum absolute atomic E-state index is 0.0173. The second-order valence-electron chi connectivity index (χ2n) is 7.57. The number of nitrogens with one attached hydrogen (secondary N) is 1. The zero-order valence-corrected chi connectivity index (χ0v) is 18.6. The monoisotopic (exact) mass is 444 g/mol. The molecule has 9 heteroatoms. The second kappa shape index (κ2) is 9.93. The fraction of sp³-hybridized carbons (Fsp3) is 0.364. The molecule has 0 spiro atoms. The first-order valence-electron chi connectivity index (χ1n) is 10.1. The zero-order valence-electron chi connectivity index (χ0n) is 17.8. The van der Waals surface area contributed by atoms with Crippen molar-refractivity contribution in [2.75, 3.05) is 52.1 Å². The molecule has 0 aliphatic carbocycles. The van der Waals surface area contributed by atoms with Crippen molar-refractivity contribution in [3.05, 3.63) is 60.2 Å². The maximum atomic E-state index is 12.7. The summed E-state index contributed by atoms with van der Waals surface area (Å²) in [4.78, 5) is 28.2. The average Bonchev–Trinajstić information content (AvgIpc) is 2.79. The predicted octanol–water partition coefficient (Wildman–Crippen LogP) is 1.26. The molecule has 31 heavy (non-hydrogen) atoms. The van der Waals surface area contributed by atoms with Gasteiger partial charge in [-0.25, -0.2) is 8.42 Å². The van der Waals surface area contributed by atoms with Crippen LogP contribution in [-0.4, -0.2) is 81.2 Å². The molecule has 1 aliphatic heterocycles. The lowest BCUT2D eigenvalue weighted by Gasteiger charge is -2.34. The fourth-order valence-corrected chi connectivity index (χ4v) is 4.81. The van der Waals surface area contributed by atoms with Gasteiger partial charge in [0.2, 0.25) is 21.8 Å². The number of nitrogens with zero attached hydrogens (tertiary/aromatic N) is 3. The summed E-state index contributed by atoms with van der Waals surface area (Å²) in [5, 5.41) is 3.13. The van der Waals surface area contributed by atoms with Gasteiger partial charge in [-0.1, -0.05) is 36.4 Å². The van der Waals surface area contributed by atoms with E-state index < -0.39 is 10.0 Å². The van der Waals surface area contributed by atoms with Gasteiger partial charge in [0.25, 0.3) is 0 Å². The minimum atomic E-state index is -3.55. The Morgan fingerprint density at radius 1 is 0.935 bits per heavy atom. The number of sulfonamides is 1. The Labute approximate surface area is 183 Å². The van der Waals surface area contributed by atoms with Gasteiger partial charge < -0.3 is 15.1 Å². The van der Waals surface area contributed by atoms with E-state index in [0.29, 0.717) is 13.1 Å². The number of anilines is 1. The van der Waals surface area contributed by atoms with Gasteiger partial charge in [0.1, 0.15) is 0 Å². The number of benzene rings is 2. The smallest absolute Gasteiger partial charge is 0.243 e. The molecule has 8 nitrogen and oxygen atoms in total. The molecule has 1 N–H and O–H groups in total. The van der Waals surface area contributed by atoms with Gasteiger partial charge in [-0.2, -0.15) is 4.31 Å². The number of para-hydroxylation sites is 1. The Balaban J connectivity index is 1.55. The predicted molar refractivity (Wildman–Crippen MR) is 119 cm³/mol. The normalized spacial score (nSPS) is 14.8. The maximum absolute atomic E-state index is 12.7. The van der Waals surface area contributed by atoms with Crippen LogP contribution in [0.3, 0.4) is 0 Å². The van der Waals surface area contributed by atoms with Crippen molar-refractivity contribution >= 4 is 27.5 Å². The Bertz CT molecular complexity index is 1020. The van der Waals surface area contributed by atoms with Crippen LogP contribution in [0.4, 0.5) is 5.69 Å². The van der Waals surface area contributed by atoms with E-state index in [1.807, 2.05) is 24.3 Å². The van der Waals surface area contributed by atoms with Crippen LogP contribution in [0.5, 0.6) is 0 Å². The number of carbonyl (C=O) groups is 2. The summed E-state index contributed by atoms with van der Waals surface area (Å²) in [6, 6.07) is 15.7. The molecule has 0 atom stereocenters. The zero-order chi connectivity index (χ0) is 22.4. The maximum Gasteiger partial charge on any atom is 0.243 e. The molecule has 1 saturated heterocycles. The lowest BCUT2D eigenvalue weighted by molar-refractivity contribution is -0.130. The largest absolute Gasteiger partial charge is 0.376 e. The molecule has 1 heterocycles. The molecule has 0 saturated carbocycles. The molecule has 1 fully saturated rings. The van der Waals surface area contributed by atoms with Crippen LogP contribution in [0, 0.1) is 0 Å². The number of hydrogen-bond donors (Lipinski definition) is 1. The SMILES string of the molecule is CN(C)C(=O)Cc1ccccc1NCC(=O)N1CCN(S(=O)(=O)c2ccccc2)CC1. The average molecular weight is 445 g/mol. The number of hydrogen-bond acceptors (Lipinski definition) is 5. The van der Waals surface area contributed by atoms with E-state index >= 15 is 0 Å². The molecule has 0 unspecified atom stereocenters. The van der Waals surface area contributed by atoms with E-state index in [0.717, 1.165) is 11.3 Å². The molecule has 0 aromatic heterocycles. The van der Waals surface area contributed by atoms with Gasteiger partial charge >= 0.3 is 0 Å². The van der Waals surface area contributed by atoms with Gasteiger partial charge in [0.05, 0.1) is 17.9 Å². The van der Waals surface area contributed by atoms with Crippen molar-refractivity contribution in [2.45, 2.75) is 11.3 Å². The topological polar surface area (TPSA) is 90.0 Å². The van der Waals surface area contributed by atoms with Crippen LogP contribution in [0.1, 0.15) is 5.56 Å². The van der Waals surface area contributed by atoms with Crippen molar-refractivity contribution in [1.29, 1.82) is 0 Å². The fourth-order valence-electron chi connectivity index (χ4n) is 3.37. The van der Waals surface area contributed by atoms with Gasteiger partial charge in [-0.3, -0.25) is 9.59 Å². The van der Waals surface area contributed by atoms with Crippen molar-refractivity contribution in [1.82, 2.24) is 14.1 Å². The second-order valence-corrected chi connectivity index (χ2v) is 9.51. The van der Waals surface area contributed by atoms with Gasteiger partial charge in [0, 0.05) is 46.0 Å². The van der Waals surface area contributed by atoms with Crippen molar-refractivity contribution in [3.8, 4) is 0 Å². The van der Waals surface area contributed by atoms with Gasteiger partial charge in [-0.15, -0.1) is 0 Å². The van der Waals surface area contributed by atoms with E-state index in [1.54, 1.807) is 49.3 Å². The Morgan fingerprint density at radius 2 is 1.55 bits per heavy atom. The highest BCUT2D eigenvalue weighted by Gasteiger charge is 2.29. The summed E-state index contributed by atoms with van der Waals surface area (Å²) in [5.41, 5.74) is 1.57. The summed E-state index contributed by atoms with van der Waals surface area (Å²) < 4.78 is 26.9. The Morgan fingerprint density at radius 3 is 2.19 bits per heavy atom. The number of likely N-dealkylation sites (N-methyl/N-ethyl adjacent to an activating group) is 1. The first-order chi connectivity index (χ1) is 14.8. The number of piperazine rings is 1. The van der Waals surface area contributed by atoms with Gasteiger partial charge in [-0.05, 0) is 23.8 Å². The summed E-state index contributed by atoms with van der Waals surface area (Å²) in [6.45, 7) is 1.28. The highest BCUT2D eigenvalue weighted by atomic mass is 32.2. The van der Waals surface area contributed by atoms with E-state index in [9.17, 15) is 18.0 Å². The summed E-state index contributed by atoms with van der Waals surface area (Å²) in [7, 11) is -0.131. The van der Waals surface area contributed by atoms with E-state index in [-0.39, 0.29) is 42.8 Å². The lowest BCUT2D eigenvalue weighted by Crippen LogP contribution is -2.51. The first-order valence-corrected chi connectivity index (χ1v) is 11.6. The Hall–Kier alpha value is -2.91. The minimum Gasteiger partial charge on any atom is -0.376 e.